The Morgan fingerprint density at radius 2 is 1.88 bits per heavy atom. The number of nitrogen functional groups attached to an aromatic ring is 1. The number of para-hydroxylation sites is 2. The largest absolute Gasteiger partial charge is 0.384 e. The summed E-state index contributed by atoms with van der Waals surface area (Å²) >= 11 is 0. The number of fused-ring (bicyclic) bond motifs is 2. The van der Waals surface area contributed by atoms with Crippen LogP contribution in [0.4, 0.5) is 5.82 Å². The van der Waals surface area contributed by atoms with E-state index in [2.05, 4.69) is 29.5 Å². The highest BCUT2D eigenvalue weighted by Crippen LogP contribution is 2.42. The minimum atomic E-state index is 0.272. The van der Waals surface area contributed by atoms with Crippen LogP contribution in [0, 0.1) is 23.2 Å². The van der Waals surface area contributed by atoms with Gasteiger partial charge in [-0.2, -0.15) is 5.26 Å². The highest BCUT2D eigenvalue weighted by molar-refractivity contribution is 5.92. The second-order valence-corrected chi connectivity index (χ2v) is 6.96. The van der Waals surface area contributed by atoms with E-state index in [1.165, 1.54) is 12.8 Å². The Bertz CT molecular complexity index is 965. The first kappa shape index (κ1) is 14.9. The molecule has 0 amide bonds. The van der Waals surface area contributed by atoms with Gasteiger partial charge in [-0.25, -0.2) is 9.97 Å². The summed E-state index contributed by atoms with van der Waals surface area (Å²) in [6.07, 6.45) is 3.49. The zero-order valence-electron chi connectivity index (χ0n) is 14.0. The van der Waals surface area contributed by atoms with Gasteiger partial charge in [-0.15, -0.1) is 0 Å². The predicted molar refractivity (Wildman–Crippen MR) is 95.4 cm³/mol. The number of anilines is 1. The Labute approximate surface area is 141 Å². The maximum absolute atomic E-state index is 9.61. The van der Waals surface area contributed by atoms with E-state index in [-0.39, 0.29) is 6.04 Å². The summed E-state index contributed by atoms with van der Waals surface area (Å²) in [5.41, 5.74) is 9.84. The molecule has 0 spiro atoms. The van der Waals surface area contributed by atoms with E-state index in [0.717, 1.165) is 23.1 Å². The van der Waals surface area contributed by atoms with Gasteiger partial charge in [-0.05, 0) is 30.4 Å². The Kier molecular flexibility index (Phi) is 3.42. The van der Waals surface area contributed by atoms with E-state index in [4.69, 9.17) is 10.7 Å². The highest BCUT2D eigenvalue weighted by atomic mass is 15.1. The summed E-state index contributed by atoms with van der Waals surface area (Å²) in [6, 6.07) is 10.3. The number of benzene rings is 1. The van der Waals surface area contributed by atoms with Gasteiger partial charge in [0.1, 0.15) is 23.0 Å². The van der Waals surface area contributed by atoms with Gasteiger partial charge in [0.15, 0.2) is 5.65 Å². The molecule has 2 aromatic heterocycles. The molecule has 5 nitrogen and oxygen atoms in total. The van der Waals surface area contributed by atoms with E-state index < -0.39 is 0 Å². The van der Waals surface area contributed by atoms with Gasteiger partial charge in [0.25, 0.3) is 0 Å². The number of nitrogens with zero attached hydrogens (tertiary/aromatic N) is 4. The van der Waals surface area contributed by atoms with Gasteiger partial charge in [-0.3, -0.25) is 0 Å². The van der Waals surface area contributed by atoms with Crippen LogP contribution in [-0.4, -0.2) is 14.5 Å². The first-order valence-electron chi connectivity index (χ1n) is 8.58. The maximum Gasteiger partial charge on any atom is 0.162 e. The molecule has 1 aliphatic rings. The van der Waals surface area contributed by atoms with E-state index in [0.29, 0.717) is 28.7 Å². The predicted octanol–water partition coefficient (Wildman–Crippen LogP) is 4.04. The minimum absolute atomic E-state index is 0.272. The molecule has 5 heteroatoms. The van der Waals surface area contributed by atoms with Crippen molar-refractivity contribution in [1.82, 2.24) is 14.5 Å². The molecule has 0 saturated heterocycles. The molecule has 0 radical (unpaired) electrons. The number of hydrogen-bond donors (Lipinski definition) is 1. The fraction of sp³-hybridized carbons (Fsp3) is 0.421. The standard InChI is InChI=1S/C19H21N5/c1-11-6-5-9-16(12(11)2)24-18(21)13(10-20)17-19(24)23-15-8-4-3-7-14(15)22-17/h3-4,7-8,11-12,16H,5-6,9,21H2,1-2H3/t11-,12+,16-/m1/s1. The van der Waals surface area contributed by atoms with Crippen molar-refractivity contribution >= 4 is 28.0 Å². The SMILES string of the molecule is C[C@H]1[C@H](C)CCC[C@H]1n1c(N)c(C#N)c2nc3ccccc3nc21. The van der Waals surface area contributed by atoms with Crippen LogP contribution in [0.5, 0.6) is 0 Å². The number of nitriles is 1. The molecule has 1 aliphatic carbocycles. The summed E-state index contributed by atoms with van der Waals surface area (Å²) < 4.78 is 2.08. The lowest BCUT2D eigenvalue weighted by Crippen LogP contribution is -2.28. The van der Waals surface area contributed by atoms with Crippen LogP contribution >= 0.6 is 0 Å². The zero-order chi connectivity index (χ0) is 16.8. The molecule has 2 heterocycles. The van der Waals surface area contributed by atoms with E-state index in [1.807, 2.05) is 24.3 Å². The lowest BCUT2D eigenvalue weighted by Gasteiger charge is -2.35. The summed E-state index contributed by atoms with van der Waals surface area (Å²) in [7, 11) is 0. The maximum atomic E-state index is 9.61. The monoisotopic (exact) mass is 319 g/mol. The van der Waals surface area contributed by atoms with Gasteiger partial charge in [-0.1, -0.05) is 38.8 Å². The molecule has 1 aromatic carbocycles. The van der Waals surface area contributed by atoms with Crippen molar-refractivity contribution in [2.45, 2.75) is 39.2 Å². The third kappa shape index (κ3) is 2.06. The summed E-state index contributed by atoms with van der Waals surface area (Å²) in [4.78, 5) is 9.49. The van der Waals surface area contributed by atoms with Crippen molar-refractivity contribution < 1.29 is 0 Å². The Balaban J connectivity index is 2.02. The molecular weight excluding hydrogens is 298 g/mol. The minimum Gasteiger partial charge on any atom is -0.384 e. The van der Waals surface area contributed by atoms with Crippen molar-refractivity contribution in [3.05, 3.63) is 29.8 Å². The number of hydrogen-bond acceptors (Lipinski definition) is 4. The van der Waals surface area contributed by atoms with Crippen LogP contribution < -0.4 is 5.73 Å². The molecule has 0 unspecified atom stereocenters. The van der Waals surface area contributed by atoms with E-state index >= 15 is 0 Å². The summed E-state index contributed by atoms with van der Waals surface area (Å²) in [6.45, 7) is 4.57. The van der Waals surface area contributed by atoms with Gasteiger partial charge in [0, 0.05) is 6.04 Å². The lowest BCUT2D eigenvalue weighted by atomic mass is 9.78. The quantitative estimate of drug-likeness (QED) is 0.734. The molecule has 122 valence electrons. The highest BCUT2D eigenvalue weighted by Gasteiger charge is 2.32. The average molecular weight is 319 g/mol. The van der Waals surface area contributed by atoms with Gasteiger partial charge >= 0.3 is 0 Å². The number of rotatable bonds is 1. The average Bonchev–Trinajstić information content (AvgIpc) is 2.86. The number of nitrogens with two attached hydrogens (primary N) is 1. The zero-order valence-corrected chi connectivity index (χ0v) is 14.0. The van der Waals surface area contributed by atoms with Crippen molar-refractivity contribution in [3.8, 4) is 6.07 Å². The molecule has 3 aromatic rings. The topological polar surface area (TPSA) is 80.5 Å². The van der Waals surface area contributed by atoms with Crippen LogP contribution in [0.3, 0.4) is 0 Å². The molecule has 1 fully saturated rings. The van der Waals surface area contributed by atoms with Crippen molar-refractivity contribution in [2.24, 2.45) is 11.8 Å². The Hall–Kier alpha value is -2.61. The van der Waals surface area contributed by atoms with Crippen molar-refractivity contribution in [3.63, 3.8) is 0 Å². The molecule has 24 heavy (non-hydrogen) atoms. The van der Waals surface area contributed by atoms with Crippen LogP contribution in [0.1, 0.15) is 44.7 Å². The Morgan fingerprint density at radius 3 is 2.58 bits per heavy atom. The van der Waals surface area contributed by atoms with Gasteiger partial charge in [0.05, 0.1) is 11.0 Å². The first-order chi connectivity index (χ1) is 11.6. The van der Waals surface area contributed by atoms with Gasteiger partial charge < -0.3 is 10.3 Å². The van der Waals surface area contributed by atoms with Crippen LogP contribution in [0.2, 0.25) is 0 Å². The molecule has 4 rings (SSSR count). The van der Waals surface area contributed by atoms with Crippen LogP contribution in [-0.2, 0) is 0 Å². The Morgan fingerprint density at radius 1 is 1.17 bits per heavy atom. The molecule has 2 N–H and O–H groups in total. The van der Waals surface area contributed by atoms with Crippen LogP contribution in [0.25, 0.3) is 22.2 Å². The third-order valence-corrected chi connectivity index (χ3v) is 5.64. The summed E-state index contributed by atoms with van der Waals surface area (Å²) in [5, 5.41) is 9.61. The number of aromatic nitrogens is 3. The van der Waals surface area contributed by atoms with Crippen molar-refractivity contribution in [2.75, 3.05) is 5.73 Å². The first-order valence-corrected chi connectivity index (χ1v) is 8.58. The van der Waals surface area contributed by atoms with Crippen molar-refractivity contribution in [1.29, 1.82) is 5.26 Å². The summed E-state index contributed by atoms with van der Waals surface area (Å²) in [5.74, 6) is 1.64. The van der Waals surface area contributed by atoms with Gasteiger partial charge in [0.2, 0.25) is 0 Å². The smallest absolute Gasteiger partial charge is 0.162 e. The third-order valence-electron chi connectivity index (χ3n) is 5.64. The second-order valence-electron chi connectivity index (χ2n) is 6.96. The lowest BCUT2D eigenvalue weighted by molar-refractivity contribution is 0.191. The second kappa shape index (κ2) is 5.48. The molecule has 0 aliphatic heterocycles. The fourth-order valence-corrected chi connectivity index (χ4v) is 4.05. The molecule has 0 bridgehead atoms. The molecular formula is C19H21N5. The molecule has 1 saturated carbocycles. The normalized spacial score (nSPS) is 24.3. The van der Waals surface area contributed by atoms with Crippen LogP contribution in [0.15, 0.2) is 24.3 Å². The van der Waals surface area contributed by atoms with E-state index in [9.17, 15) is 5.26 Å². The van der Waals surface area contributed by atoms with E-state index in [1.54, 1.807) is 0 Å². The fourth-order valence-electron chi connectivity index (χ4n) is 4.05. The molecule has 3 atom stereocenters.